The lowest BCUT2D eigenvalue weighted by Gasteiger charge is -2.20. The van der Waals surface area contributed by atoms with Crippen molar-refractivity contribution >= 4 is 17.2 Å². The Bertz CT molecular complexity index is 457. The number of hydrogen-bond donors (Lipinski definition) is 1. The largest absolute Gasteiger partial charge is 0.372 e. The van der Waals surface area contributed by atoms with Crippen LogP contribution in [0.1, 0.15) is 13.8 Å². The molecule has 0 amide bonds. The molecule has 4 heteroatoms. The van der Waals surface area contributed by atoms with Crippen LogP contribution >= 0.6 is 0 Å². The van der Waals surface area contributed by atoms with Gasteiger partial charge in [0, 0.05) is 25.0 Å². The Hall–Kier alpha value is -1.71. The normalized spacial score (nSPS) is 10.8. The number of anilines is 2. The second-order valence-electron chi connectivity index (χ2n) is 3.47. The van der Waals surface area contributed by atoms with Gasteiger partial charge in [0.1, 0.15) is 0 Å². The third-order valence-corrected chi connectivity index (χ3v) is 2.67. The SMILES string of the molecule is CCN(CC)c1ccn2c(N)ncc2c1. The Morgan fingerprint density at radius 3 is 2.80 bits per heavy atom. The maximum absolute atomic E-state index is 5.71. The molecule has 0 atom stereocenters. The van der Waals surface area contributed by atoms with Crippen LogP contribution in [0.2, 0.25) is 0 Å². The summed E-state index contributed by atoms with van der Waals surface area (Å²) >= 11 is 0. The first kappa shape index (κ1) is 9.83. The van der Waals surface area contributed by atoms with E-state index >= 15 is 0 Å². The molecule has 2 heterocycles. The van der Waals surface area contributed by atoms with Gasteiger partial charge in [-0.05, 0) is 26.0 Å². The molecule has 2 aromatic rings. The van der Waals surface area contributed by atoms with Crippen molar-refractivity contribution in [2.24, 2.45) is 0 Å². The van der Waals surface area contributed by atoms with Gasteiger partial charge >= 0.3 is 0 Å². The van der Waals surface area contributed by atoms with Gasteiger partial charge in [0.2, 0.25) is 5.95 Å². The molecule has 2 aromatic heterocycles. The molecule has 0 aliphatic rings. The molecular weight excluding hydrogens is 188 g/mol. The van der Waals surface area contributed by atoms with E-state index in [1.165, 1.54) is 5.69 Å². The Labute approximate surface area is 89.3 Å². The lowest BCUT2D eigenvalue weighted by molar-refractivity contribution is 0.865. The minimum Gasteiger partial charge on any atom is -0.372 e. The lowest BCUT2D eigenvalue weighted by atomic mass is 10.3. The molecule has 0 saturated carbocycles. The van der Waals surface area contributed by atoms with Crippen LogP contribution in [-0.2, 0) is 0 Å². The molecule has 0 saturated heterocycles. The second kappa shape index (κ2) is 3.81. The molecule has 0 aliphatic carbocycles. The summed E-state index contributed by atoms with van der Waals surface area (Å²) in [6.45, 7) is 6.32. The number of fused-ring (bicyclic) bond motifs is 1. The average molecular weight is 204 g/mol. The number of nitrogens with two attached hydrogens (primary N) is 1. The zero-order valence-electron chi connectivity index (χ0n) is 9.14. The van der Waals surface area contributed by atoms with Crippen LogP contribution in [0, 0.1) is 0 Å². The van der Waals surface area contributed by atoms with E-state index in [0.29, 0.717) is 5.95 Å². The van der Waals surface area contributed by atoms with Crippen LogP contribution in [0.3, 0.4) is 0 Å². The van der Waals surface area contributed by atoms with Gasteiger partial charge in [0.15, 0.2) is 0 Å². The average Bonchev–Trinajstić information content (AvgIpc) is 2.62. The molecule has 0 radical (unpaired) electrons. The van der Waals surface area contributed by atoms with Crippen molar-refractivity contribution in [1.29, 1.82) is 0 Å². The van der Waals surface area contributed by atoms with E-state index in [-0.39, 0.29) is 0 Å². The third-order valence-electron chi connectivity index (χ3n) is 2.67. The van der Waals surface area contributed by atoms with Crippen molar-refractivity contribution in [3.05, 3.63) is 24.5 Å². The molecule has 0 fully saturated rings. The predicted molar refractivity (Wildman–Crippen MR) is 63.2 cm³/mol. The van der Waals surface area contributed by atoms with E-state index in [1.54, 1.807) is 6.20 Å². The minimum atomic E-state index is 0.538. The summed E-state index contributed by atoms with van der Waals surface area (Å²) in [4.78, 5) is 6.36. The quantitative estimate of drug-likeness (QED) is 0.828. The number of hydrogen-bond acceptors (Lipinski definition) is 3. The Balaban J connectivity index is 2.46. The summed E-state index contributed by atoms with van der Waals surface area (Å²) in [5.74, 6) is 0.538. The van der Waals surface area contributed by atoms with Gasteiger partial charge in [-0.25, -0.2) is 4.98 Å². The van der Waals surface area contributed by atoms with Crippen molar-refractivity contribution < 1.29 is 0 Å². The maximum atomic E-state index is 5.71. The summed E-state index contributed by atoms with van der Waals surface area (Å²) in [6, 6.07) is 4.18. The predicted octanol–water partition coefficient (Wildman–Crippen LogP) is 1.76. The van der Waals surface area contributed by atoms with Crippen molar-refractivity contribution in [3.8, 4) is 0 Å². The molecular formula is C11H16N4. The summed E-state index contributed by atoms with van der Waals surface area (Å²) in [5.41, 5.74) is 7.96. The van der Waals surface area contributed by atoms with E-state index in [0.717, 1.165) is 18.6 Å². The van der Waals surface area contributed by atoms with Crippen molar-refractivity contribution in [2.45, 2.75) is 13.8 Å². The first-order chi connectivity index (χ1) is 7.26. The highest BCUT2D eigenvalue weighted by Crippen LogP contribution is 2.18. The number of imidazole rings is 1. The van der Waals surface area contributed by atoms with E-state index in [4.69, 9.17) is 5.73 Å². The zero-order chi connectivity index (χ0) is 10.8. The molecule has 2 rings (SSSR count). The van der Waals surface area contributed by atoms with Crippen molar-refractivity contribution in [1.82, 2.24) is 9.38 Å². The van der Waals surface area contributed by atoms with Gasteiger partial charge in [-0.15, -0.1) is 0 Å². The van der Waals surface area contributed by atoms with Crippen molar-refractivity contribution in [2.75, 3.05) is 23.7 Å². The summed E-state index contributed by atoms with van der Waals surface area (Å²) in [5, 5.41) is 0. The summed E-state index contributed by atoms with van der Waals surface area (Å²) in [6.07, 6.45) is 3.76. The molecule has 0 unspecified atom stereocenters. The highest BCUT2D eigenvalue weighted by atomic mass is 15.1. The summed E-state index contributed by atoms with van der Waals surface area (Å²) < 4.78 is 1.88. The van der Waals surface area contributed by atoms with Gasteiger partial charge in [-0.3, -0.25) is 4.40 Å². The Morgan fingerprint density at radius 1 is 1.40 bits per heavy atom. The van der Waals surface area contributed by atoms with Crippen LogP contribution in [0.4, 0.5) is 11.6 Å². The standard InChI is InChI=1S/C11H16N4/c1-3-14(4-2)9-5-6-15-10(7-9)8-13-11(15)12/h5-8H,3-4H2,1-2H3,(H2,12,13). The summed E-state index contributed by atoms with van der Waals surface area (Å²) in [7, 11) is 0. The molecule has 0 spiro atoms. The fourth-order valence-corrected chi connectivity index (χ4v) is 1.79. The molecule has 0 aromatic carbocycles. The van der Waals surface area contributed by atoms with Crippen LogP contribution in [0.5, 0.6) is 0 Å². The molecule has 0 aliphatic heterocycles. The first-order valence-corrected chi connectivity index (χ1v) is 5.23. The highest BCUT2D eigenvalue weighted by molar-refractivity contribution is 5.61. The minimum absolute atomic E-state index is 0.538. The van der Waals surface area contributed by atoms with E-state index in [2.05, 4.69) is 35.9 Å². The van der Waals surface area contributed by atoms with Crippen LogP contribution < -0.4 is 10.6 Å². The van der Waals surface area contributed by atoms with Gasteiger partial charge in [-0.1, -0.05) is 0 Å². The number of nitrogens with zero attached hydrogens (tertiary/aromatic N) is 3. The Morgan fingerprint density at radius 2 is 2.13 bits per heavy atom. The molecule has 2 N–H and O–H groups in total. The fourth-order valence-electron chi connectivity index (χ4n) is 1.79. The third kappa shape index (κ3) is 1.63. The molecule has 15 heavy (non-hydrogen) atoms. The van der Waals surface area contributed by atoms with Gasteiger partial charge in [0.25, 0.3) is 0 Å². The van der Waals surface area contributed by atoms with Gasteiger partial charge in [0.05, 0.1) is 11.7 Å². The van der Waals surface area contributed by atoms with Crippen molar-refractivity contribution in [3.63, 3.8) is 0 Å². The highest BCUT2D eigenvalue weighted by Gasteiger charge is 2.04. The maximum Gasteiger partial charge on any atom is 0.204 e. The fraction of sp³-hybridized carbons (Fsp3) is 0.364. The number of nitrogen functional groups attached to an aromatic ring is 1. The molecule has 80 valence electrons. The zero-order valence-corrected chi connectivity index (χ0v) is 9.14. The second-order valence-corrected chi connectivity index (χ2v) is 3.47. The van der Waals surface area contributed by atoms with Crippen LogP contribution in [0.25, 0.3) is 5.52 Å². The van der Waals surface area contributed by atoms with Gasteiger partial charge < -0.3 is 10.6 Å². The first-order valence-electron chi connectivity index (χ1n) is 5.23. The topological polar surface area (TPSA) is 46.6 Å². The van der Waals surface area contributed by atoms with E-state index < -0.39 is 0 Å². The lowest BCUT2D eigenvalue weighted by Crippen LogP contribution is -2.21. The Kier molecular flexibility index (Phi) is 2.49. The number of pyridine rings is 1. The monoisotopic (exact) mass is 204 g/mol. The molecule has 0 bridgehead atoms. The van der Waals surface area contributed by atoms with Gasteiger partial charge in [-0.2, -0.15) is 0 Å². The smallest absolute Gasteiger partial charge is 0.204 e. The number of rotatable bonds is 3. The van der Waals surface area contributed by atoms with Crippen LogP contribution in [0.15, 0.2) is 24.5 Å². The molecule has 4 nitrogen and oxygen atoms in total. The number of aromatic nitrogens is 2. The van der Waals surface area contributed by atoms with E-state index in [9.17, 15) is 0 Å². The van der Waals surface area contributed by atoms with Crippen LogP contribution in [-0.4, -0.2) is 22.5 Å². The van der Waals surface area contributed by atoms with E-state index in [1.807, 2.05) is 10.6 Å².